The van der Waals surface area contributed by atoms with Gasteiger partial charge in [0.1, 0.15) is 17.2 Å². The number of benzene rings is 3. The topological polar surface area (TPSA) is 119 Å². The Morgan fingerprint density at radius 1 is 0.939 bits per heavy atom. The van der Waals surface area contributed by atoms with Gasteiger partial charge in [0.25, 0.3) is 0 Å². The molecule has 33 heavy (non-hydrogen) atoms. The van der Waals surface area contributed by atoms with Crippen LogP contribution in [0.3, 0.4) is 0 Å². The summed E-state index contributed by atoms with van der Waals surface area (Å²) in [5.41, 5.74) is 6.32. The van der Waals surface area contributed by atoms with Gasteiger partial charge in [-0.3, -0.25) is 0 Å². The number of amides is 1. The molecule has 1 aliphatic rings. The Morgan fingerprint density at radius 2 is 1.45 bits per heavy atom. The first-order chi connectivity index (χ1) is 15.8. The second kappa shape index (κ2) is 10.8. The van der Waals surface area contributed by atoms with Crippen molar-refractivity contribution in [3.63, 3.8) is 0 Å². The summed E-state index contributed by atoms with van der Waals surface area (Å²) in [7, 11) is -3.55. The number of fused-ring (bicyclic) bond motifs is 1. The van der Waals surface area contributed by atoms with Crippen LogP contribution < -0.4 is 15.2 Å². The van der Waals surface area contributed by atoms with Crippen LogP contribution in [-0.4, -0.2) is 37.1 Å². The lowest BCUT2D eigenvalue weighted by Gasteiger charge is -2.28. The molecule has 174 valence electrons. The van der Waals surface area contributed by atoms with E-state index < -0.39 is 16.1 Å². The molecule has 0 aliphatic carbocycles. The second-order valence-electron chi connectivity index (χ2n) is 7.17. The van der Waals surface area contributed by atoms with E-state index in [1.54, 1.807) is 24.3 Å². The summed E-state index contributed by atoms with van der Waals surface area (Å²) in [6.45, 7) is 3.44. The lowest BCUT2D eigenvalue weighted by Crippen LogP contribution is -2.35. The molecule has 0 radical (unpaired) electrons. The third-order valence-electron chi connectivity index (χ3n) is 4.93. The Kier molecular flexibility index (Phi) is 7.92. The number of hydrogen-bond acceptors (Lipinski definition) is 5. The lowest BCUT2D eigenvalue weighted by atomic mass is 10.0. The minimum absolute atomic E-state index is 0.274. The summed E-state index contributed by atoms with van der Waals surface area (Å²) in [5, 5.41) is 7.19. The number of nitrogens with zero attached hydrogens (tertiary/aromatic N) is 1. The minimum Gasteiger partial charge on any atom is -0.494 e. The fourth-order valence-corrected chi connectivity index (χ4v) is 4.83. The van der Waals surface area contributed by atoms with E-state index in [0.29, 0.717) is 31.2 Å². The maximum atomic E-state index is 13.0. The van der Waals surface area contributed by atoms with Crippen molar-refractivity contribution in [3.8, 4) is 17.2 Å². The quantitative estimate of drug-likeness (QED) is 0.556. The summed E-state index contributed by atoms with van der Waals surface area (Å²) in [6.07, 6.45) is -0.603. The average Bonchev–Trinajstić information content (AvgIpc) is 2.80. The molecule has 0 bridgehead atoms. The molecule has 0 saturated heterocycles. The number of hydrogen-bond donors (Lipinski definition) is 2. The standard InChI is InChI=1S/C23H23NO4S.CH3NO2/c1-2-27-20-7-9-21(10-8-20)28-22-11-13-23(14-12-22)29(25,26)24-16-15-18-5-3-4-6-19(18)17-24;2-1(3)4/h3-14H,2,15-17H2,1H3;2H2,(H,3,4). The van der Waals surface area contributed by atoms with Crippen molar-refractivity contribution in [1.29, 1.82) is 0 Å². The van der Waals surface area contributed by atoms with Crippen LogP contribution in [0, 0.1) is 0 Å². The third-order valence-corrected chi connectivity index (χ3v) is 6.79. The molecular formula is C24H26N2O6S. The van der Waals surface area contributed by atoms with Crippen LogP contribution in [0.5, 0.6) is 17.2 Å². The smallest absolute Gasteiger partial charge is 0.402 e. The summed E-state index contributed by atoms with van der Waals surface area (Å²) in [4.78, 5) is 9.05. The predicted octanol–water partition coefficient (Wildman–Crippen LogP) is 4.25. The van der Waals surface area contributed by atoms with E-state index in [-0.39, 0.29) is 4.90 Å². The molecule has 8 nitrogen and oxygen atoms in total. The molecule has 0 unspecified atom stereocenters. The van der Waals surface area contributed by atoms with E-state index in [4.69, 9.17) is 19.4 Å². The van der Waals surface area contributed by atoms with Gasteiger partial charge in [0, 0.05) is 13.1 Å². The van der Waals surface area contributed by atoms with Crippen LogP contribution in [0.15, 0.2) is 77.7 Å². The molecule has 0 aromatic heterocycles. The van der Waals surface area contributed by atoms with Gasteiger partial charge in [0.15, 0.2) is 0 Å². The third kappa shape index (κ3) is 6.47. The first-order valence-electron chi connectivity index (χ1n) is 10.4. The minimum atomic E-state index is -3.55. The molecular weight excluding hydrogens is 444 g/mol. The molecule has 0 atom stereocenters. The zero-order valence-corrected chi connectivity index (χ0v) is 19.0. The molecule has 1 heterocycles. The van der Waals surface area contributed by atoms with Gasteiger partial charge in [0.2, 0.25) is 10.0 Å². The molecule has 4 rings (SSSR count). The van der Waals surface area contributed by atoms with Gasteiger partial charge in [-0.2, -0.15) is 4.31 Å². The van der Waals surface area contributed by atoms with Crippen LogP contribution in [0.25, 0.3) is 0 Å². The number of rotatable bonds is 6. The molecule has 3 aromatic carbocycles. The van der Waals surface area contributed by atoms with Gasteiger partial charge in [-0.1, -0.05) is 24.3 Å². The van der Waals surface area contributed by atoms with Gasteiger partial charge in [-0.05, 0) is 73.0 Å². The fraction of sp³-hybridized carbons (Fsp3) is 0.208. The molecule has 1 aliphatic heterocycles. The largest absolute Gasteiger partial charge is 0.494 e. The molecule has 0 saturated carbocycles. The Hall–Kier alpha value is -3.56. The summed E-state index contributed by atoms with van der Waals surface area (Å²) in [5.74, 6) is 2.03. The maximum absolute atomic E-state index is 13.0. The number of primary amides is 1. The van der Waals surface area contributed by atoms with E-state index in [0.717, 1.165) is 17.7 Å². The van der Waals surface area contributed by atoms with E-state index in [1.807, 2.05) is 49.4 Å². The summed E-state index contributed by atoms with van der Waals surface area (Å²) < 4.78 is 38.8. The van der Waals surface area contributed by atoms with Crippen molar-refractivity contribution in [2.75, 3.05) is 13.2 Å². The van der Waals surface area contributed by atoms with Crippen LogP contribution in [0.2, 0.25) is 0 Å². The van der Waals surface area contributed by atoms with Crippen LogP contribution >= 0.6 is 0 Å². The van der Waals surface area contributed by atoms with Crippen LogP contribution in [0.4, 0.5) is 4.79 Å². The highest BCUT2D eigenvalue weighted by Gasteiger charge is 2.28. The molecule has 0 spiro atoms. The van der Waals surface area contributed by atoms with Crippen molar-refractivity contribution < 1.29 is 27.8 Å². The molecule has 0 fully saturated rings. The van der Waals surface area contributed by atoms with Gasteiger partial charge in [-0.25, -0.2) is 13.2 Å². The predicted molar refractivity (Wildman–Crippen MR) is 124 cm³/mol. The molecule has 9 heteroatoms. The number of nitrogens with two attached hydrogens (primary N) is 1. The highest BCUT2D eigenvalue weighted by Crippen LogP contribution is 2.28. The Labute approximate surface area is 193 Å². The van der Waals surface area contributed by atoms with E-state index in [9.17, 15) is 8.42 Å². The van der Waals surface area contributed by atoms with Crippen molar-refractivity contribution in [3.05, 3.63) is 83.9 Å². The van der Waals surface area contributed by atoms with Gasteiger partial charge in [0.05, 0.1) is 11.5 Å². The normalized spacial score (nSPS) is 13.2. The maximum Gasteiger partial charge on any atom is 0.402 e. The average molecular weight is 471 g/mol. The zero-order valence-electron chi connectivity index (χ0n) is 18.2. The zero-order chi connectivity index (χ0) is 23.8. The van der Waals surface area contributed by atoms with Gasteiger partial charge < -0.3 is 20.3 Å². The summed E-state index contributed by atoms with van der Waals surface area (Å²) >= 11 is 0. The van der Waals surface area contributed by atoms with Gasteiger partial charge in [-0.15, -0.1) is 0 Å². The number of carboxylic acid groups (broad SMARTS) is 1. The first kappa shape index (κ1) is 24.1. The van der Waals surface area contributed by atoms with Crippen LogP contribution in [0.1, 0.15) is 18.1 Å². The lowest BCUT2D eigenvalue weighted by molar-refractivity contribution is 0.205. The van der Waals surface area contributed by atoms with Crippen molar-refractivity contribution in [2.45, 2.75) is 24.8 Å². The van der Waals surface area contributed by atoms with E-state index in [1.165, 1.54) is 9.87 Å². The van der Waals surface area contributed by atoms with Crippen molar-refractivity contribution in [2.24, 2.45) is 5.73 Å². The first-order valence-corrected chi connectivity index (χ1v) is 11.8. The second-order valence-corrected chi connectivity index (χ2v) is 9.11. The van der Waals surface area contributed by atoms with Crippen molar-refractivity contribution in [1.82, 2.24) is 4.31 Å². The summed E-state index contributed by atoms with van der Waals surface area (Å²) in [6, 6.07) is 21.9. The monoisotopic (exact) mass is 470 g/mol. The molecule has 3 aromatic rings. The molecule has 1 amide bonds. The Morgan fingerprint density at radius 3 is 2.03 bits per heavy atom. The number of sulfonamides is 1. The van der Waals surface area contributed by atoms with E-state index in [2.05, 4.69) is 11.8 Å². The molecule has 3 N–H and O–H groups in total. The van der Waals surface area contributed by atoms with Crippen LogP contribution in [-0.2, 0) is 23.0 Å². The van der Waals surface area contributed by atoms with E-state index >= 15 is 0 Å². The Bertz CT molecular complexity index is 1170. The fourth-order valence-electron chi connectivity index (χ4n) is 3.41. The highest BCUT2D eigenvalue weighted by molar-refractivity contribution is 7.89. The Balaban J connectivity index is 0.000000709. The van der Waals surface area contributed by atoms with Gasteiger partial charge >= 0.3 is 6.09 Å². The number of ether oxygens (including phenoxy) is 2. The SMILES string of the molecule is CCOc1ccc(Oc2ccc(S(=O)(=O)N3CCc4ccccc4C3)cc2)cc1.NC(=O)O. The highest BCUT2D eigenvalue weighted by atomic mass is 32.2. The number of carbonyl (C=O) groups is 1. The van der Waals surface area contributed by atoms with Crippen molar-refractivity contribution >= 4 is 16.1 Å².